The third-order valence-electron chi connectivity index (χ3n) is 4.74. The minimum atomic E-state index is -0.439. The zero-order valence-corrected chi connectivity index (χ0v) is 20.3. The molecular weight excluding hydrogens is 508 g/mol. The summed E-state index contributed by atoms with van der Waals surface area (Å²) >= 11 is 24.5. The summed E-state index contributed by atoms with van der Waals surface area (Å²) in [6, 6.07) is 15.2. The van der Waals surface area contributed by atoms with Gasteiger partial charge in [0.1, 0.15) is 18.1 Å². The molecule has 0 atom stereocenters. The van der Waals surface area contributed by atoms with E-state index in [0.717, 1.165) is 11.3 Å². The van der Waals surface area contributed by atoms with E-state index in [0.29, 0.717) is 44.0 Å². The number of carbonyl (C=O) groups is 1. The molecule has 4 rings (SSSR count). The number of furan rings is 1. The second-order valence-corrected chi connectivity index (χ2v) is 8.77. The summed E-state index contributed by atoms with van der Waals surface area (Å²) < 4.78 is 12.9. The second-order valence-electron chi connectivity index (χ2n) is 7.11. The van der Waals surface area contributed by atoms with Crippen molar-refractivity contribution in [2.75, 3.05) is 5.32 Å². The Labute approximate surface area is 210 Å². The lowest BCUT2D eigenvalue weighted by molar-refractivity contribution is 0.0992. The van der Waals surface area contributed by atoms with Crippen molar-refractivity contribution in [2.24, 2.45) is 0 Å². The highest BCUT2D eigenvalue weighted by Gasteiger charge is 2.16. The first-order valence-corrected chi connectivity index (χ1v) is 11.3. The lowest BCUT2D eigenvalue weighted by Gasteiger charge is -2.08. The Morgan fingerprint density at radius 3 is 2.52 bits per heavy atom. The van der Waals surface area contributed by atoms with Crippen LogP contribution in [0.15, 0.2) is 59.0 Å². The minimum Gasteiger partial charge on any atom is -0.484 e. The number of ether oxygens (including phenoxy) is 1. The zero-order valence-electron chi connectivity index (χ0n) is 17.2. The lowest BCUT2D eigenvalue weighted by atomic mass is 10.2. The van der Waals surface area contributed by atoms with E-state index in [1.807, 2.05) is 6.92 Å². The van der Waals surface area contributed by atoms with Crippen molar-refractivity contribution >= 4 is 58.1 Å². The van der Waals surface area contributed by atoms with Crippen LogP contribution in [-0.2, 0) is 13.2 Å². The molecule has 2 aromatic carbocycles. The van der Waals surface area contributed by atoms with E-state index < -0.39 is 5.91 Å². The van der Waals surface area contributed by atoms with Crippen molar-refractivity contribution in [3.63, 3.8) is 0 Å². The van der Waals surface area contributed by atoms with E-state index in [2.05, 4.69) is 10.4 Å². The fourth-order valence-corrected chi connectivity index (χ4v) is 4.04. The average molecular weight is 525 g/mol. The Bertz CT molecular complexity index is 1300. The number of hydrogen-bond acceptors (Lipinski definition) is 4. The van der Waals surface area contributed by atoms with E-state index in [1.54, 1.807) is 59.3 Å². The number of aryl methyl sites for hydroxylation is 1. The normalized spacial score (nSPS) is 10.9. The van der Waals surface area contributed by atoms with E-state index in [4.69, 9.17) is 55.6 Å². The van der Waals surface area contributed by atoms with Gasteiger partial charge in [-0.3, -0.25) is 9.48 Å². The number of halogens is 4. The quantitative estimate of drug-likeness (QED) is 0.276. The van der Waals surface area contributed by atoms with Gasteiger partial charge in [-0.1, -0.05) is 52.5 Å². The lowest BCUT2D eigenvalue weighted by Crippen LogP contribution is -2.12. The predicted octanol–water partition coefficient (Wildman–Crippen LogP) is 7.28. The number of rotatable bonds is 7. The molecule has 170 valence electrons. The number of benzene rings is 2. The van der Waals surface area contributed by atoms with Gasteiger partial charge in [-0.25, -0.2) is 0 Å². The van der Waals surface area contributed by atoms with Gasteiger partial charge in [0.15, 0.2) is 11.6 Å². The molecule has 0 saturated heterocycles. The summed E-state index contributed by atoms with van der Waals surface area (Å²) in [6.45, 7) is 2.34. The highest BCUT2D eigenvalue weighted by atomic mass is 35.5. The summed E-state index contributed by atoms with van der Waals surface area (Å²) in [5, 5.41) is 9.15. The van der Waals surface area contributed by atoms with E-state index >= 15 is 0 Å². The molecule has 0 saturated carbocycles. The number of aromatic nitrogens is 2. The number of nitrogens with zero attached hydrogens (tertiary/aromatic N) is 2. The third-order valence-corrected chi connectivity index (χ3v) is 5.98. The van der Waals surface area contributed by atoms with Crippen molar-refractivity contribution in [1.82, 2.24) is 9.78 Å². The number of hydrogen-bond donors (Lipinski definition) is 1. The molecule has 10 heteroatoms. The van der Waals surface area contributed by atoms with Crippen molar-refractivity contribution in [2.45, 2.75) is 20.1 Å². The number of nitrogens with one attached hydrogen (secondary N) is 1. The fraction of sp³-hybridized carbons (Fsp3) is 0.130. The summed E-state index contributed by atoms with van der Waals surface area (Å²) in [6.07, 6.45) is 0. The molecule has 0 radical (unpaired) electrons. The maximum atomic E-state index is 12.6. The van der Waals surface area contributed by atoms with Crippen LogP contribution in [0.2, 0.25) is 20.1 Å². The molecule has 2 heterocycles. The highest BCUT2D eigenvalue weighted by Crippen LogP contribution is 2.29. The number of amides is 1. The maximum Gasteiger partial charge on any atom is 0.292 e. The Kier molecular flexibility index (Phi) is 7.20. The Balaban J connectivity index is 1.40. The van der Waals surface area contributed by atoms with Crippen LogP contribution in [0.5, 0.6) is 5.75 Å². The van der Waals surface area contributed by atoms with E-state index in [9.17, 15) is 4.79 Å². The van der Waals surface area contributed by atoms with E-state index in [-0.39, 0.29) is 12.4 Å². The molecule has 1 amide bonds. The van der Waals surface area contributed by atoms with Crippen molar-refractivity contribution in [3.8, 4) is 5.75 Å². The van der Waals surface area contributed by atoms with Gasteiger partial charge in [0.2, 0.25) is 0 Å². The molecule has 0 aliphatic carbocycles. The molecule has 2 aromatic heterocycles. The number of anilines is 1. The van der Waals surface area contributed by atoms with Gasteiger partial charge in [0, 0.05) is 32.4 Å². The summed E-state index contributed by atoms with van der Waals surface area (Å²) in [5.74, 6) is 0.982. The Morgan fingerprint density at radius 1 is 1.03 bits per heavy atom. The van der Waals surface area contributed by atoms with Gasteiger partial charge in [-0.2, -0.15) is 5.10 Å². The van der Waals surface area contributed by atoms with Crippen LogP contribution in [0, 0.1) is 6.92 Å². The van der Waals surface area contributed by atoms with Crippen LogP contribution in [0.1, 0.15) is 27.6 Å². The van der Waals surface area contributed by atoms with Gasteiger partial charge < -0.3 is 14.5 Å². The molecule has 33 heavy (non-hydrogen) atoms. The first-order valence-electron chi connectivity index (χ1n) is 9.75. The Hall–Kier alpha value is -2.64. The standard InChI is InChI=1S/C23H17Cl4N3O3/c1-13-9-22(29-30(13)11-16-17(25)3-2-4-18(16)26)28-23(31)21-8-6-15(33-21)12-32-20-7-5-14(24)10-19(20)27/h2-10H,11-12H2,1H3,(H,28,29,31). The summed E-state index contributed by atoms with van der Waals surface area (Å²) in [5.41, 5.74) is 1.58. The molecule has 0 bridgehead atoms. The van der Waals surface area contributed by atoms with Crippen molar-refractivity contribution in [3.05, 3.63) is 97.5 Å². The Morgan fingerprint density at radius 2 is 1.79 bits per heavy atom. The first-order chi connectivity index (χ1) is 15.8. The predicted molar refractivity (Wildman–Crippen MR) is 130 cm³/mol. The molecule has 0 aliphatic heterocycles. The van der Waals surface area contributed by atoms with Crippen LogP contribution in [0.25, 0.3) is 0 Å². The molecule has 6 nitrogen and oxygen atoms in total. The van der Waals surface area contributed by atoms with Crippen molar-refractivity contribution in [1.29, 1.82) is 0 Å². The molecular formula is C23H17Cl4N3O3. The SMILES string of the molecule is Cc1cc(NC(=O)c2ccc(COc3ccc(Cl)cc3Cl)o2)nn1Cc1c(Cl)cccc1Cl. The van der Waals surface area contributed by atoms with Crippen LogP contribution in [0.4, 0.5) is 5.82 Å². The third kappa shape index (κ3) is 5.65. The molecule has 0 unspecified atom stereocenters. The van der Waals surface area contributed by atoms with Gasteiger partial charge in [-0.15, -0.1) is 0 Å². The largest absolute Gasteiger partial charge is 0.484 e. The average Bonchev–Trinajstić information content (AvgIpc) is 3.37. The molecule has 0 aliphatic rings. The molecule has 1 N–H and O–H groups in total. The molecule has 0 fully saturated rings. The smallest absolute Gasteiger partial charge is 0.292 e. The number of carbonyl (C=O) groups excluding carboxylic acids is 1. The maximum absolute atomic E-state index is 12.6. The van der Waals surface area contributed by atoms with Gasteiger partial charge in [-0.05, 0) is 49.4 Å². The zero-order chi connectivity index (χ0) is 23.5. The summed E-state index contributed by atoms with van der Waals surface area (Å²) in [7, 11) is 0. The molecule has 0 spiro atoms. The van der Waals surface area contributed by atoms with Crippen LogP contribution < -0.4 is 10.1 Å². The van der Waals surface area contributed by atoms with Crippen LogP contribution >= 0.6 is 46.4 Å². The fourth-order valence-electron chi connectivity index (χ4n) is 3.06. The van der Waals surface area contributed by atoms with Crippen LogP contribution in [0.3, 0.4) is 0 Å². The van der Waals surface area contributed by atoms with Crippen molar-refractivity contribution < 1.29 is 13.9 Å². The van der Waals surface area contributed by atoms with Gasteiger partial charge in [0.25, 0.3) is 5.91 Å². The van der Waals surface area contributed by atoms with Gasteiger partial charge >= 0.3 is 0 Å². The van der Waals surface area contributed by atoms with Crippen LogP contribution in [-0.4, -0.2) is 15.7 Å². The van der Waals surface area contributed by atoms with E-state index in [1.165, 1.54) is 0 Å². The highest BCUT2D eigenvalue weighted by molar-refractivity contribution is 6.36. The first kappa shape index (κ1) is 23.5. The monoisotopic (exact) mass is 523 g/mol. The topological polar surface area (TPSA) is 69.3 Å². The summed E-state index contributed by atoms with van der Waals surface area (Å²) in [4.78, 5) is 12.6. The second kappa shape index (κ2) is 10.1. The molecule has 4 aromatic rings. The van der Waals surface area contributed by atoms with Gasteiger partial charge in [0.05, 0.1) is 11.6 Å². The minimum absolute atomic E-state index is 0.0982.